The number of aryl methyl sites for hydroxylation is 2. The van der Waals surface area contributed by atoms with Crippen LogP contribution in [0.5, 0.6) is 5.75 Å². The topological polar surface area (TPSA) is 46.5 Å². The van der Waals surface area contributed by atoms with Crippen molar-refractivity contribution in [3.05, 3.63) is 28.8 Å². The van der Waals surface area contributed by atoms with Crippen LogP contribution in [0, 0.1) is 19.8 Å². The monoisotopic (exact) mass is 236 g/mol. The van der Waals surface area contributed by atoms with E-state index in [0.717, 1.165) is 11.1 Å². The Kier molecular flexibility index (Phi) is 4.55. The predicted octanol–water partition coefficient (Wildman–Crippen LogP) is 2.75. The van der Waals surface area contributed by atoms with Crippen LogP contribution in [-0.4, -0.2) is 17.7 Å². The van der Waals surface area contributed by atoms with Crippen molar-refractivity contribution in [3.8, 4) is 5.75 Å². The van der Waals surface area contributed by atoms with Gasteiger partial charge in [0.1, 0.15) is 5.75 Å². The molecule has 0 aliphatic heterocycles. The number of rotatable bonds is 4. The summed E-state index contributed by atoms with van der Waals surface area (Å²) in [7, 11) is 0. The molecule has 0 fully saturated rings. The van der Waals surface area contributed by atoms with Crippen molar-refractivity contribution in [2.45, 2.75) is 34.1 Å². The van der Waals surface area contributed by atoms with E-state index in [1.807, 2.05) is 33.8 Å². The number of carbonyl (C=O) groups is 1. The van der Waals surface area contributed by atoms with Crippen LogP contribution < -0.4 is 0 Å². The van der Waals surface area contributed by atoms with Gasteiger partial charge in [-0.2, -0.15) is 0 Å². The lowest BCUT2D eigenvalue weighted by Gasteiger charge is -2.11. The van der Waals surface area contributed by atoms with Gasteiger partial charge in [-0.3, -0.25) is 4.79 Å². The van der Waals surface area contributed by atoms with E-state index in [1.165, 1.54) is 0 Å². The van der Waals surface area contributed by atoms with Gasteiger partial charge in [-0.05, 0) is 37.0 Å². The lowest BCUT2D eigenvalue weighted by molar-refractivity contribution is -0.143. The molecule has 94 valence electrons. The van der Waals surface area contributed by atoms with Gasteiger partial charge >= 0.3 is 5.97 Å². The zero-order valence-corrected chi connectivity index (χ0v) is 10.9. The van der Waals surface area contributed by atoms with Gasteiger partial charge < -0.3 is 9.84 Å². The highest BCUT2D eigenvalue weighted by Crippen LogP contribution is 2.23. The summed E-state index contributed by atoms with van der Waals surface area (Å²) in [6, 6.07) is 3.61. The smallest absolute Gasteiger partial charge is 0.310 e. The summed E-state index contributed by atoms with van der Waals surface area (Å²) in [6.45, 7) is 8.19. The van der Waals surface area contributed by atoms with Crippen LogP contribution in [0.1, 0.15) is 30.5 Å². The molecule has 1 rings (SSSR count). The molecule has 17 heavy (non-hydrogen) atoms. The molecule has 0 amide bonds. The normalized spacial score (nSPS) is 10.6. The Morgan fingerprint density at radius 3 is 2.53 bits per heavy atom. The molecule has 0 atom stereocenters. The number of aromatic hydroxyl groups is 1. The van der Waals surface area contributed by atoms with E-state index in [4.69, 9.17) is 4.74 Å². The van der Waals surface area contributed by atoms with Gasteiger partial charge in [0, 0.05) is 5.56 Å². The zero-order chi connectivity index (χ0) is 13.0. The second kappa shape index (κ2) is 5.71. The number of hydrogen-bond acceptors (Lipinski definition) is 3. The molecule has 0 saturated carbocycles. The molecule has 0 bridgehead atoms. The van der Waals surface area contributed by atoms with Crippen molar-refractivity contribution in [1.82, 2.24) is 0 Å². The Hall–Kier alpha value is -1.51. The van der Waals surface area contributed by atoms with Gasteiger partial charge in [0.15, 0.2) is 0 Å². The van der Waals surface area contributed by atoms with E-state index >= 15 is 0 Å². The van der Waals surface area contributed by atoms with Crippen molar-refractivity contribution >= 4 is 5.97 Å². The molecule has 0 aromatic heterocycles. The van der Waals surface area contributed by atoms with E-state index in [2.05, 4.69) is 0 Å². The Morgan fingerprint density at radius 2 is 2.00 bits per heavy atom. The minimum Gasteiger partial charge on any atom is -0.508 e. The van der Waals surface area contributed by atoms with Gasteiger partial charge in [0.05, 0.1) is 13.0 Å². The van der Waals surface area contributed by atoms with Gasteiger partial charge in [-0.15, -0.1) is 0 Å². The summed E-state index contributed by atoms with van der Waals surface area (Å²) in [6.07, 6.45) is 0.130. The molecule has 0 heterocycles. The standard InChI is InChI=1S/C14H20O3/c1-9(2)8-17-14(16)7-12-11(4)5-10(3)6-13(12)15/h5-6,9,15H,7-8H2,1-4H3. The van der Waals surface area contributed by atoms with E-state index in [-0.39, 0.29) is 18.1 Å². The maximum absolute atomic E-state index is 11.6. The molecule has 0 radical (unpaired) electrons. The molecule has 0 spiro atoms. The van der Waals surface area contributed by atoms with E-state index in [0.29, 0.717) is 18.1 Å². The van der Waals surface area contributed by atoms with Gasteiger partial charge in [0.2, 0.25) is 0 Å². The predicted molar refractivity (Wildman–Crippen MR) is 67.1 cm³/mol. The third-order valence-electron chi connectivity index (χ3n) is 2.49. The summed E-state index contributed by atoms with van der Waals surface area (Å²) in [5.41, 5.74) is 2.56. The second-order valence-electron chi connectivity index (χ2n) is 4.83. The number of esters is 1. The van der Waals surface area contributed by atoms with Crippen LogP contribution in [0.2, 0.25) is 0 Å². The minimum absolute atomic E-state index is 0.130. The SMILES string of the molecule is Cc1cc(C)c(CC(=O)OCC(C)C)c(O)c1. The lowest BCUT2D eigenvalue weighted by atomic mass is 10.0. The van der Waals surface area contributed by atoms with E-state index in [9.17, 15) is 9.90 Å². The number of hydrogen-bond donors (Lipinski definition) is 1. The van der Waals surface area contributed by atoms with Gasteiger partial charge in [-0.25, -0.2) is 0 Å². The number of phenolic OH excluding ortho intramolecular Hbond substituents is 1. The molecule has 1 aromatic carbocycles. The van der Waals surface area contributed by atoms with Gasteiger partial charge in [-0.1, -0.05) is 19.9 Å². The average molecular weight is 236 g/mol. The number of phenols is 1. The van der Waals surface area contributed by atoms with Crippen molar-refractivity contribution in [1.29, 1.82) is 0 Å². The first-order chi connectivity index (χ1) is 7.90. The average Bonchev–Trinajstić information content (AvgIpc) is 2.20. The Bertz CT molecular complexity index is 385. The first kappa shape index (κ1) is 13.6. The second-order valence-corrected chi connectivity index (χ2v) is 4.83. The molecule has 3 nitrogen and oxygen atoms in total. The molecule has 1 aromatic rings. The lowest BCUT2D eigenvalue weighted by Crippen LogP contribution is -2.13. The van der Waals surface area contributed by atoms with Crippen LogP contribution in [0.4, 0.5) is 0 Å². The first-order valence-corrected chi connectivity index (χ1v) is 5.85. The molecule has 0 aliphatic carbocycles. The third-order valence-corrected chi connectivity index (χ3v) is 2.49. The highest BCUT2D eigenvalue weighted by atomic mass is 16.5. The Morgan fingerprint density at radius 1 is 1.35 bits per heavy atom. The maximum atomic E-state index is 11.6. The largest absolute Gasteiger partial charge is 0.508 e. The molecule has 0 aliphatic rings. The quantitative estimate of drug-likeness (QED) is 0.818. The number of ether oxygens (including phenoxy) is 1. The van der Waals surface area contributed by atoms with Crippen molar-refractivity contribution in [3.63, 3.8) is 0 Å². The van der Waals surface area contributed by atoms with Crippen molar-refractivity contribution < 1.29 is 14.6 Å². The van der Waals surface area contributed by atoms with Crippen LogP contribution >= 0.6 is 0 Å². The Labute approximate surface area is 102 Å². The summed E-state index contributed by atoms with van der Waals surface area (Å²) in [4.78, 5) is 11.6. The summed E-state index contributed by atoms with van der Waals surface area (Å²) >= 11 is 0. The highest BCUT2D eigenvalue weighted by molar-refractivity contribution is 5.74. The first-order valence-electron chi connectivity index (χ1n) is 5.85. The number of carbonyl (C=O) groups excluding carboxylic acids is 1. The Balaban J connectivity index is 2.72. The number of benzene rings is 1. The van der Waals surface area contributed by atoms with E-state index in [1.54, 1.807) is 6.07 Å². The van der Waals surface area contributed by atoms with E-state index < -0.39 is 0 Å². The van der Waals surface area contributed by atoms with Crippen molar-refractivity contribution in [2.24, 2.45) is 5.92 Å². The summed E-state index contributed by atoms with van der Waals surface area (Å²) in [5, 5.41) is 9.79. The molecular weight excluding hydrogens is 216 g/mol. The van der Waals surface area contributed by atoms with Crippen LogP contribution in [0.25, 0.3) is 0 Å². The fourth-order valence-corrected chi connectivity index (χ4v) is 1.66. The maximum Gasteiger partial charge on any atom is 0.310 e. The molecular formula is C14H20O3. The van der Waals surface area contributed by atoms with Crippen molar-refractivity contribution in [2.75, 3.05) is 6.61 Å². The fourth-order valence-electron chi connectivity index (χ4n) is 1.66. The summed E-state index contributed by atoms with van der Waals surface area (Å²) in [5.74, 6) is 0.205. The zero-order valence-electron chi connectivity index (χ0n) is 10.9. The summed E-state index contributed by atoms with van der Waals surface area (Å²) < 4.78 is 5.10. The molecule has 1 N–H and O–H groups in total. The molecule has 0 unspecified atom stereocenters. The minimum atomic E-state index is -0.291. The fraction of sp³-hybridized carbons (Fsp3) is 0.500. The third kappa shape index (κ3) is 4.10. The van der Waals surface area contributed by atoms with Gasteiger partial charge in [0.25, 0.3) is 0 Å². The van der Waals surface area contributed by atoms with Crippen LogP contribution in [-0.2, 0) is 16.0 Å². The molecule has 3 heteroatoms. The highest BCUT2D eigenvalue weighted by Gasteiger charge is 2.12. The van der Waals surface area contributed by atoms with Crippen LogP contribution in [0.3, 0.4) is 0 Å². The van der Waals surface area contributed by atoms with Crippen LogP contribution in [0.15, 0.2) is 12.1 Å². The molecule has 0 saturated heterocycles.